The first-order valence-electron chi connectivity index (χ1n) is 9.55. The monoisotopic (exact) mass is 369 g/mol. The summed E-state index contributed by atoms with van der Waals surface area (Å²) in [6.45, 7) is 4.80. The molecular weight excluding hydrogens is 342 g/mol. The minimum Gasteiger partial charge on any atom is -0.340 e. The molecule has 1 unspecified atom stereocenters. The number of piperidine rings is 1. The highest BCUT2D eigenvalue weighted by Gasteiger charge is 2.43. The molecular formula is C19H27N7O. The molecule has 4 rings (SSSR count). The second-order valence-electron chi connectivity index (χ2n) is 7.81. The summed E-state index contributed by atoms with van der Waals surface area (Å²) in [5.74, 6) is 0.0650. The normalized spacial score (nSPS) is 22.1. The van der Waals surface area contributed by atoms with Gasteiger partial charge in [0.25, 0.3) is 5.91 Å². The minimum atomic E-state index is -0.512. The second kappa shape index (κ2) is 7.36. The number of aromatic nitrogens is 4. The maximum Gasteiger partial charge on any atom is 0.252 e. The van der Waals surface area contributed by atoms with Gasteiger partial charge in [0.1, 0.15) is 6.33 Å². The van der Waals surface area contributed by atoms with Gasteiger partial charge in [-0.25, -0.2) is 4.68 Å². The Labute approximate surface area is 159 Å². The van der Waals surface area contributed by atoms with E-state index in [1.165, 1.54) is 6.33 Å². The predicted molar refractivity (Wildman–Crippen MR) is 101 cm³/mol. The van der Waals surface area contributed by atoms with Crippen LogP contribution in [0.5, 0.6) is 0 Å². The van der Waals surface area contributed by atoms with Crippen molar-refractivity contribution in [3.05, 3.63) is 42.2 Å². The number of carbonyl (C=O) groups is 1. The molecule has 8 heteroatoms. The molecule has 27 heavy (non-hydrogen) atoms. The van der Waals surface area contributed by atoms with Gasteiger partial charge in [-0.1, -0.05) is 30.3 Å². The van der Waals surface area contributed by atoms with E-state index in [-0.39, 0.29) is 11.4 Å². The fourth-order valence-corrected chi connectivity index (χ4v) is 4.45. The zero-order chi connectivity index (χ0) is 18.9. The Morgan fingerprint density at radius 1 is 1.07 bits per heavy atom. The molecule has 3 heterocycles. The van der Waals surface area contributed by atoms with Gasteiger partial charge in [-0.05, 0) is 42.9 Å². The molecule has 0 radical (unpaired) electrons. The largest absolute Gasteiger partial charge is 0.340 e. The van der Waals surface area contributed by atoms with E-state index in [9.17, 15) is 4.79 Å². The first kappa shape index (κ1) is 18.1. The van der Waals surface area contributed by atoms with Crippen LogP contribution >= 0.6 is 0 Å². The van der Waals surface area contributed by atoms with E-state index >= 15 is 0 Å². The topological polar surface area (TPSA) is 70.4 Å². The van der Waals surface area contributed by atoms with Crippen molar-refractivity contribution >= 4 is 5.91 Å². The SMILES string of the molecule is CN1CCN(C)C2(CCN(C(=O)C(c3ccccc3)n3cnnn3)CC2)C1. The molecule has 1 atom stereocenters. The number of carbonyl (C=O) groups excluding carboxylic acids is 1. The molecule has 2 saturated heterocycles. The number of benzene rings is 1. The standard InChI is InChI=1S/C19H27N7O/c1-23-12-13-24(2)19(14-23)8-10-25(11-9-19)18(27)17(26-15-20-21-22-26)16-6-4-3-5-7-16/h3-7,15,17H,8-14H2,1-2H3. The lowest BCUT2D eigenvalue weighted by molar-refractivity contribution is -0.137. The lowest BCUT2D eigenvalue weighted by Crippen LogP contribution is -2.64. The molecule has 2 aliphatic rings. The molecule has 2 aliphatic heterocycles. The Bertz CT molecular complexity index is 756. The third kappa shape index (κ3) is 3.46. The van der Waals surface area contributed by atoms with Gasteiger partial charge in [-0.3, -0.25) is 9.69 Å². The highest BCUT2D eigenvalue weighted by Crippen LogP contribution is 2.32. The molecule has 8 nitrogen and oxygen atoms in total. The van der Waals surface area contributed by atoms with E-state index in [2.05, 4.69) is 39.4 Å². The molecule has 1 spiro atoms. The van der Waals surface area contributed by atoms with Crippen LogP contribution in [-0.4, -0.2) is 93.2 Å². The fraction of sp³-hybridized carbons (Fsp3) is 0.579. The van der Waals surface area contributed by atoms with E-state index in [0.717, 1.165) is 51.1 Å². The Hall–Kier alpha value is -2.32. The van der Waals surface area contributed by atoms with Crippen molar-refractivity contribution in [3.63, 3.8) is 0 Å². The molecule has 0 bridgehead atoms. The van der Waals surface area contributed by atoms with Crippen LogP contribution in [-0.2, 0) is 4.79 Å². The predicted octanol–water partition coefficient (Wildman–Crippen LogP) is 0.501. The van der Waals surface area contributed by atoms with Crippen molar-refractivity contribution in [1.82, 2.24) is 34.9 Å². The number of tetrazole rings is 1. The molecule has 1 aromatic heterocycles. The van der Waals surface area contributed by atoms with Crippen LogP contribution in [0.15, 0.2) is 36.7 Å². The van der Waals surface area contributed by atoms with Crippen molar-refractivity contribution in [3.8, 4) is 0 Å². The smallest absolute Gasteiger partial charge is 0.252 e. The number of likely N-dealkylation sites (tertiary alicyclic amines) is 1. The quantitative estimate of drug-likeness (QED) is 0.785. The first-order valence-corrected chi connectivity index (χ1v) is 9.55. The van der Waals surface area contributed by atoms with Crippen LogP contribution in [0.2, 0.25) is 0 Å². The molecule has 0 N–H and O–H groups in total. The molecule has 0 aliphatic carbocycles. The number of likely N-dealkylation sites (N-methyl/N-ethyl adjacent to an activating group) is 2. The summed E-state index contributed by atoms with van der Waals surface area (Å²) in [5, 5.41) is 11.5. The van der Waals surface area contributed by atoms with Gasteiger partial charge in [0, 0.05) is 38.3 Å². The van der Waals surface area contributed by atoms with E-state index in [1.807, 2.05) is 35.2 Å². The molecule has 2 fully saturated rings. The Kier molecular flexibility index (Phi) is 4.92. The zero-order valence-corrected chi connectivity index (χ0v) is 16.0. The molecule has 144 valence electrons. The van der Waals surface area contributed by atoms with Gasteiger partial charge < -0.3 is 9.80 Å². The molecule has 2 aromatic rings. The Balaban J connectivity index is 1.52. The maximum atomic E-state index is 13.4. The number of amides is 1. The number of nitrogens with zero attached hydrogens (tertiary/aromatic N) is 7. The molecule has 1 aromatic carbocycles. The third-order valence-electron chi connectivity index (χ3n) is 6.18. The first-order chi connectivity index (χ1) is 13.1. The van der Waals surface area contributed by atoms with E-state index in [4.69, 9.17) is 0 Å². The van der Waals surface area contributed by atoms with Gasteiger partial charge in [-0.15, -0.1) is 5.10 Å². The van der Waals surface area contributed by atoms with E-state index in [0.29, 0.717) is 0 Å². The van der Waals surface area contributed by atoms with Gasteiger partial charge in [0.2, 0.25) is 0 Å². The number of rotatable bonds is 3. The van der Waals surface area contributed by atoms with Crippen molar-refractivity contribution in [2.45, 2.75) is 24.4 Å². The highest BCUT2D eigenvalue weighted by atomic mass is 16.2. The van der Waals surface area contributed by atoms with Crippen molar-refractivity contribution in [1.29, 1.82) is 0 Å². The van der Waals surface area contributed by atoms with Crippen molar-refractivity contribution in [2.75, 3.05) is 46.8 Å². The summed E-state index contributed by atoms with van der Waals surface area (Å²) in [5.41, 5.74) is 1.09. The maximum absolute atomic E-state index is 13.4. The average molecular weight is 369 g/mol. The molecule has 1 amide bonds. The van der Waals surface area contributed by atoms with E-state index in [1.54, 1.807) is 4.68 Å². The number of piperazine rings is 1. The third-order valence-corrected chi connectivity index (χ3v) is 6.18. The summed E-state index contributed by atoms with van der Waals surface area (Å²) in [4.78, 5) is 20.3. The zero-order valence-electron chi connectivity index (χ0n) is 16.0. The van der Waals surface area contributed by atoms with E-state index < -0.39 is 6.04 Å². The Morgan fingerprint density at radius 3 is 2.48 bits per heavy atom. The van der Waals surface area contributed by atoms with Gasteiger partial charge in [-0.2, -0.15) is 0 Å². The molecule has 0 saturated carbocycles. The average Bonchev–Trinajstić information content (AvgIpc) is 3.21. The second-order valence-corrected chi connectivity index (χ2v) is 7.81. The highest BCUT2D eigenvalue weighted by molar-refractivity contribution is 5.83. The van der Waals surface area contributed by atoms with Crippen molar-refractivity contribution < 1.29 is 4.79 Å². The fourth-order valence-electron chi connectivity index (χ4n) is 4.45. The Morgan fingerprint density at radius 2 is 1.81 bits per heavy atom. The number of hydrogen-bond acceptors (Lipinski definition) is 6. The van der Waals surface area contributed by atoms with Crippen LogP contribution < -0.4 is 0 Å². The lowest BCUT2D eigenvalue weighted by Gasteiger charge is -2.52. The summed E-state index contributed by atoms with van der Waals surface area (Å²) in [7, 11) is 4.41. The van der Waals surface area contributed by atoms with Crippen molar-refractivity contribution in [2.24, 2.45) is 0 Å². The van der Waals surface area contributed by atoms with Crippen LogP contribution in [0.3, 0.4) is 0 Å². The van der Waals surface area contributed by atoms with Crippen LogP contribution in [0.25, 0.3) is 0 Å². The summed E-state index contributed by atoms with van der Waals surface area (Å²) in [6.07, 6.45) is 3.51. The summed E-state index contributed by atoms with van der Waals surface area (Å²) < 4.78 is 1.56. The van der Waals surface area contributed by atoms with Crippen LogP contribution in [0.1, 0.15) is 24.4 Å². The van der Waals surface area contributed by atoms with Crippen LogP contribution in [0.4, 0.5) is 0 Å². The summed E-state index contributed by atoms with van der Waals surface area (Å²) >= 11 is 0. The van der Waals surface area contributed by atoms with Gasteiger partial charge >= 0.3 is 0 Å². The summed E-state index contributed by atoms with van der Waals surface area (Å²) in [6, 6.07) is 9.24. The minimum absolute atomic E-state index is 0.0650. The van der Waals surface area contributed by atoms with Gasteiger partial charge in [0.15, 0.2) is 6.04 Å². The van der Waals surface area contributed by atoms with Crippen LogP contribution in [0, 0.1) is 0 Å². The number of hydrogen-bond donors (Lipinski definition) is 0. The lowest BCUT2D eigenvalue weighted by atomic mass is 9.83. The van der Waals surface area contributed by atoms with Gasteiger partial charge in [0.05, 0.1) is 0 Å².